The minimum atomic E-state index is -1.05. The Bertz CT molecular complexity index is 201. The summed E-state index contributed by atoms with van der Waals surface area (Å²) >= 11 is 0. The Morgan fingerprint density at radius 3 is 2.55 bits per heavy atom. The lowest BCUT2D eigenvalue weighted by Gasteiger charge is -2.14. The molecule has 0 bridgehead atoms. The monoisotopic (exact) mass is 170 g/mol. The first kappa shape index (κ1) is 8.52. The molecule has 0 radical (unpaired) electrons. The molecule has 11 heavy (non-hydrogen) atoms. The second-order valence-electron chi connectivity index (χ2n) is 4.15. The zero-order valence-electron chi connectivity index (χ0n) is 7.31. The standard InChI is InChI=1S/C8H14O2Si/c1-11(2,3)6-7-4-8(9)10-5-7/h4H,5-6H2,1-3H3. The van der Waals surface area contributed by atoms with Crippen LogP contribution in [0.4, 0.5) is 0 Å². The summed E-state index contributed by atoms with van der Waals surface area (Å²) in [5.74, 6) is -0.168. The van der Waals surface area contributed by atoms with Crippen LogP contribution in [0.3, 0.4) is 0 Å². The van der Waals surface area contributed by atoms with E-state index in [4.69, 9.17) is 4.74 Å². The van der Waals surface area contributed by atoms with Gasteiger partial charge in [-0.3, -0.25) is 0 Å². The van der Waals surface area contributed by atoms with Crippen LogP contribution < -0.4 is 0 Å². The van der Waals surface area contributed by atoms with Gasteiger partial charge in [-0.1, -0.05) is 19.6 Å². The van der Waals surface area contributed by atoms with Crippen LogP contribution in [0.2, 0.25) is 25.7 Å². The van der Waals surface area contributed by atoms with Gasteiger partial charge in [0.25, 0.3) is 0 Å². The van der Waals surface area contributed by atoms with Crippen molar-refractivity contribution in [2.45, 2.75) is 25.7 Å². The number of carbonyl (C=O) groups is 1. The molecule has 0 fully saturated rings. The molecule has 0 saturated carbocycles. The molecule has 0 atom stereocenters. The van der Waals surface area contributed by atoms with Crippen molar-refractivity contribution in [3.8, 4) is 0 Å². The Labute approximate surface area is 68.3 Å². The van der Waals surface area contributed by atoms with E-state index in [1.807, 2.05) is 0 Å². The fourth-order valence-electron chi connectivity index (χ4n) is 1.20. The molecule has 0 saturated heterocycles. The Morgan fingerprint density at radius 2 is 2.18 bits per heavy atom. The molecule has 0 aromatic carbocycles. The van der Waals surface area contributed by atoms with Gasteiger partial charge in [0, 0.05) is 14.1 Å². The highest BCUT2D eigenvalue weighted by Crippen LogP contribution is 2.19. The summed E-state index contributed by atoms with van der Waals surface area (Å²) in [4.78, 5) is 10.7. The highest BCUT2D eigenvalue weighted by Gasteiger charge is 2.20. The second kappa shape index (κ2) is 2.81. The van der Waals surface area contributed by atoms with Crippen LogP contribution in [-0.2, 0) is 9.53 Å². The average Bonchev–Trinajstić information content (AvgIpc) is 2.10. The molecule has 0 aliphatic carbocycles. The molecule has 1 aliphatic heterocycles. The van der Waals surface area contributed by atoms with Crippen molar-refractivity contribution in [1.29, 1.82) is 0 Å². The fraction of sp³-hybridized carbons (Fsp3) is 0.625. The molecule has 2 nitrogen and oxygen atoms in total. The smallest absolute Gasteiger partial charge is 0.331 e. The first-order valence-electron chi connectivity index (χ1n) is 3.83. The van der Waals surface area contributed by atoms with Gasteiger partial charge < -0.3 is 4.74 Å². The predicted octanol–water partition coefficient (Wildman–Crippen LogP) is 1.81. The maximum atomic E-state index is 10.7. The summed E-state index contributed by atoms with van der Waals surface area (Å²) in [6.07, 6.45) is 1.64. The van der Waals surface area contributed by atoms with E-state index in [2.05, 4.69) is 19.6 Å². The topological polar surface area (TPSA) is 26.3 Å². The summed E-state index contributed by atoms with van der Waals surface area (Å²) < 4.78 is 4.80. The lowest BCUT2D eigenvalue weighted by atomic mass is 10.3. The van der Waals surface area contributed by atoms with Gasteiger partial charge in [0.05, 0.1) is 0 Å². The van der Waals surface area contributed by atoms with Gasteiger partial charge in [0.15, 0.2) is 0 Å². The number of cyclic esters (lactones) is 1. The van der Waals surface area contributed by atoms with Gasteiger partial charge >= 0.3 is 5.97 Å². The summed E-state index contributed by atoms with van der Waals surface area (Å²) in [7, 11) is -1.05. The molecule has 0 aromatic heterocycles. The summed E-state index contributed by atoms with van der Waals surface area (Å²) in [6.45, 7) is 7.40. The van der Waals surface area contributed by atoms with Crippen molar-refractivity contribution in [3.63, 3.8) is 0 Å². The van der Waals surface area contributed by atoms with Gasteiger partial charge in [-0.25, -0.2) is 4.79 Å². The zero-order chi connectivity index (χ0) is 8.48. The van der Waals surface area contributed by atoms with Gasteiger partial charge in [-0.05, 0) is 11.6 Å². The Hall–Kier alpha value is -0.573. The molecule has 0 N–H and O–H groups in total. The maximum absolute atomic E-state index is 10.7. The third-order valence-electron chi connectivity index (χ3n) is 1.48. The van der Waals surface area contributed by atoms with Crippen molar-refractivity contribution >= 4 is 14.0 Å². The van der Waals surface area contributed by atoms with Crippen molar-refractivity contribution in [2.75, 3.05) is 6.61 Å². The highest BCUT2D eigenvalue weighted by atomic mass is 28.3. The van der Waals surface area contributed by atoms with Crippen LogP contribution in [-0.4, -0.2) is 20.7 Å². The number of ether oxygens (including phenoxy) is 1. The molecule has 0 aromatic rings. The molecule has 1 heterocycles. The van der Waals surface area contributed by atoms with Crippen LogP contribution in [0.25, 0.3) is 0 Å². The van der Waals surface area contributed by atoms with Crippen molar-refractivity contribution in [2.24, 2.45) is 0 Å². The van der Waals surface area contributed by atoms with E-state index in [1.54, 1.807) is 6.08 Å². The van der Waals surface area contributed by atoms with Gasteiger partial charge in [-0.15, -0.1) is 0 Å². The lowest BCUT2D eigenvalue weighted by Crippen LogP contribution is -2.20. The van der Waals surface area contributed by atoms with E-state index in [1.165, 1.54) is 5.57 Å². The van der Waals surface area contributed by atoms with Crippen LogP contribution in [0.1, 0.15) is 0 Å². The lowest BCUT2D eigenvalue weighted by molar-refractivity contribution is -0.134. The van der Waals surface area contributed by atoms with Crippen molar-refractivity contribution in [3.05, 3.63) is 11.6 Å². The van der Waals surface area contributed by atoms with Crippen LogP contribution in [0.5, 0.6) is 0 Å². The highest BCUT2D eigenvalue weighted by molar-refractivity contribution is 6.76. The van der Waals surface area contributed by atoms with E-state index < -0.39 is 8.07 Å². The summed E-state index contributed by atoms with van der Waals surface area (Å²) in [6, 6.07) is 1.08. The third-order valence-corrected chi connectivity index (χ3v) is 2.99. The van der Waals surface area contributed by atoms with E-state index in [9.17, 15) is 4.79 Å². The number of esters is 1. The summed E-state index contributed by atoms with van der Waals surface area (Å²) in [5.41, 5.74) is 1.18. The Balaban J connectivity index is 2.51. The minimum absolute atomic E-state index is 0.168. The minimum Gasteiger partial charge on any atom is -0.458 e. The number of hydrogen-bond acceptors (Lipinski definition) is 2. The van der Waals surface area contributed by atoms with Gasteiger partial charge in [0.2, 0.25) is 0 Å². The van der Waals surface area contributed by atoms with Gasteiger partial charge in [0.1, 0.15) is 6.61 Å². The van der Waals surface area contributed by atoms with Crippen LogP contribution in [0.15, 0.2) is 11.6 Å². The number of hydrogen-bond donors (Lipinski definition) is 0. The molecule has 0 spiro atoms. The Morgan fingerprint density at radius 1 is 1.55 bits per heavy atom. The number of carbonyl (C=O) groups excluding carboxylic acids is 1. The van der Waals surface area contributed by atoms with E-state index >= 15 is 0 Å². The van der Waals surface area contributed by atoms with Crippen LogP contribution in [0, 0.1) is 0 Å². The fourth-order valence-corrected chi connectivity index (χ4v) is 2.76. The predicted molar refractivity (Wildman–Crippen MR) is 47.2 cm³/mol. The molecule has 1 aliphatic rings. The molecular formula is C8H14O2Si. The van der Waals surface area contributed by atoms with E-state index in [-0.39, 0.29) is 5.97 Å². The van der Waals surface area contributed by atoms with Crippen molar-refractivity contribution < 1.29 is 9.53 Å². The third kappa shape index (κ3) is 2.88. The van der Waals surface area contributed by atoms with Gasteiger partial charge in [-0.2, -0.15) is 0 Å². The zero-order valence-corrected chi connectivity index (χ0v) is 8.31. The normalized spacial score (nSPS) is 18.1. The Kier molecular flexibility index (Phi) is 2.18. The van der Waals surface area contributed by atoms with E-state index in [0.717, 1.165) is 6.04 Å². The molecule has 3 heteroatoms. The largest absolute Gasteiger partial charge is 0.458 e. The SMILES string of the molecule is C[Si](C)(C)CC1=CC(=O)OC1. The second-order valence-corrected chi connectivity index (χ2v) is 9.62. The molecule has 62 valence electrons. The number of rotatable bonds is 2. The van der Waals surface area contributed by atoms with Crippen LogP contribution >= 0.6 is 0 Å². The first-order chi connectivity index (χ1) is 4.97. The van der Waals surface area contributed by atoms with Crippen molar-refractivity contribution in [1.82, 2.24) is 0 Å². The molecule has 0 amide bonds. The van der Waals surface area contributed by atoms with E-state index in [0.29, 0.717) is 6.61 Å². The molecule has 0 unspecified atom stereocenters. The first-order valence-corrected chi connectivity index (χ1v) is 7.54. The average molecular weight is 170 g/mol. The molecule has 1 rings (SSSR count). The quantitative estimate of drug-likeness (QED) is 0.466. The molecular weight excluding hydrogens is 156 g/mol. The summed E-state index contributed by atoms with van der Waals surface area (Å²) in [5, 5.41) is 0. The maximum Gasteiger partial charge on any atom is 0.331 e.